The van der Waals surface area contributed by atoms with Crippen molar-refractivity contribution >= 4 is 21.7 Å². The molecule has 2 aromatic rings. The molecule has 6 nitrogen and oxygen atoms in total. The summed E-state index contributed by atoms with van der Waals surface area (Å²) < 4.78 is 28.8. The minimum absolute atomic E-state index is 0.352. The maximum atomic E-state index is 12.4. The molecule has 0 saturated heterocycles. The molecule has 1 aliphatic rings. The van der Waals surface area contributed by atoms with Gasteiger partial charge in [-0.3, -0.25) is 4.72 Å². The van der Waals surface area contributed by atoms with Gasteiger partial charge >= 0.3 is 10.2 Å². The highest BCUT2D eigenvalue weighted by Gasteiger charge is 2.26. The number of hydrogen-bond acceptors (Lipinski definition) is 4. The third-order valence-corrected chi connectivity index (χ3v) is 4.95. The molecule has 0 unspecified atom stereocenters. The first-order chi connectivity index (χ1) is 10.0. The van der Waals surface area contributed by atoms with Crippen molar-refractivity contribution in [1.29, 1.82) is 0 Å². The van der Waals surface area contributed by atoms with Crippen LogP contribution in [0.5, 0.6) is 0 Å². The lowest BCUT2D eigenvalue weighted by Gasteiger charge is -2.28. The number of anilines is 2. The molecule has 0 atom stereocenters. The Bertz CT molecular complexity index is 744. The van der Waals surface area contributed by atoms with Crippen LogP contribution < -0.4 is 10.5 Å². The van der Waals surface area contributed by atoms with Crippen LogP contribution in [0.1, 0.15) is 11.1 Å². The van der Waals surface area contributed by atoms with Crippen molar-refractivity contribution in [2.75, 3.05) is 17.0 Å². The lowest BCUT2D eigenvalue weighted by molar-refractivity contribution is 0.394. The van der Waals surface area contributed by atoms with E-state index < -0.39 is 10.2 Å². The number of pyridine rings is 1. The van der Waals surface area contributed by atoms with E-state index in [4.69, 9.17) is 5.73 Å². The quantitative estimate of drug-likeness (QED) is 0.896. The Labute approximate surface area is 123 Å². The summed E-state index contributed by atoms with van der Waals surface area (Å²) in [6.45, 7) is 0.850. The number of benzene rings is 1. The number of nitrogens with zero attached hydrogens (tertiary/aromatic N) is 2. The lowest BCUT2D eigenvalue weighted by atomic mass is 10.0. The second-order valence-electron chi connectivity index (χ2n) is 4.93. The van der Waals surface area contributed by atoms with Crippen LogP contribution in [-0.2, 0) is 23.2 Å². The van der Waals surface area contributed by atoms with Gasteiger partial charge in [0.2, 0.25) is 0 Å². The maximum absolute atomic E-state index is 12.4. The Morgan fingerprint density at radius 2 is 1.90 bits per heavy atom. The van der Waals surface area contributed by atoms with Gasteiger partial charge in [0.15, 0.2) is 0 Å². The second-order valence-corrected chi connectivity index (χ2v) is 6.60. The molecular formula is C14H16N4O2S. The Balaban J connectivity index is 1.78. The van der Waals surface area contributed by atoms with Crippen molar-refractivity contribution in [3.63, 3.8) is 0 Å². The molecule has 21 heavy (non-hydrogen) atoms. The Morgan fingerprint density at radius 1 is 1.14 bits per heavy atom. The zero-order valence-electron chi connectivity index (χ0n) is 11.4. The number of fused-ring (bicyclic) bond motifs is 1. The van der Waals surface area contributed by atoms with Crippen LogP contribution in [0.25, 0.3) is 0 Å². The first kappa shape index (κ1) is 13.8. The Hall–Kier alpha value is -2.12. The van der Waals surface area contributed by atoms with Gasteiger partial charge in [0.25, 0.3) is 0 Å². The fourth-order valence-corrected chi connectivity index (χ4v) is 3.54. The number of hydrogen-bond donors (Lipinski definition) is 2. The minimum atomic E-state index is -3.59. The molecule has 0 saturated carbocycles. The van der Waals surface area contributed by atoms with Crippen molar-refractivity contribution in [2.45, 2.75) is 13.0 Å². The molecule has 3 N–H and O–H groups in total. The van der Waals surface area contributed by atoms with E-state index >= 15 is 0 Å². The van der Waals surface area contributed by atoms with E-state index in [9.17, 15) is 8.42 Å². The van der Waals surface area contributed by atoms with Crippen LogP contribution in [0.3, 0.4) is 0 Å². The zero-order valence-corrected chi connectivity index (χ0v) is 12.2. The number of aromatic nitrogens is 1. The molecule has 0 amide bonds. The zero-order chi connectivity index (χ0) is 14.9. The predicted octanol–water partition coefficient (Wildman–Crippen LogP) is 1.38. The number of rotatable bonds is 3. The van der Waals surface area contributed by atoms with E-state index in [2.05, 4.69) is 9.71 Å². The van der Waals surface area contributed by atoms with Gasteiger partial charge in [-0.2, -0.15) is 12.7 Å². The highest BCUT2D eigenvalue weighted by Crippen LogP contribution is 2.22. The summed E-state index contributed by atoms with van der Waals surface area (Å²) in [5, 5.41) is 0. The monoisotopic (exact) mass is 304 g/mol. The Morgan fingerprint density at radius 3 is 2.62 bits per heavy atom. The summed E-state index contributed by atoms with van der Waals surface area (Å²) >= 11 is 0. The largest absolute Gasteiger partial charge is 0.384 e. The van der Waals surface area contributed by atoms with E-state index in [0.29, 0.717) is 24.6 Å². The molecule has 0 radical (unpaired) electrons. The topological polar surface area (TPSA) is 88.3 Å². The number of nitrogens with one attached hydrogen (secondary N) is 1. The maximum Gasteiger partial charge on any atom is 0.301 e. The molecule has 2 heterocycles. The SMILES string of the molecule is Nc1ccc(NS(=O)(=O)N2CCc3ccccc3C2)cn1. The van der Waals surface area contributed by atoms with Crippen molar-refractivity contribution in [3.05, 3.63) is 53.7 Å². The summed E-state index contributed by atoms with van der Waals surface area (Å²) in [5.41, 5.74) is 8.15. The molecule has 1 aromatic heterocycles. The van der Waals surface area contributed by atoms with Crippen molar-refractivity contribution in [1.82, 2.24) is 9.29 Å². The molecule has 0 fully saturated rings. The van der Waals surface area contributed by atoms with E-state index in [1.54, 1.807) is 12.1 Å². The van der Waals surface area contributed by atoms with Crippen LogP contribution in [0.15, 0.2) is 42.6 Å². The van der Waals surface area contributed by atoms with Gasteiger partial charge in [0.1, 0.15) is 5.82 Å². The number of nitrogens with two attached hydrogens (primary N) is 1. The average Bonchev–Trinajstić information content (AvgIpc) is 2.49. The third kappa shape index (κ3) is 2.98. The van der Waals surface area contributed by atoms with E-state index in [0.717, 1.165) is 12.0 Å². The third-order valence-electron chi connectivity index (χ3n) is 3.47. The fourth-order valence-electron chi connectivity index (χ4n) is 2.35. The van der Waals surface area contributed by atoms with Gasteiger partial charge in [0.05, 0.1) is 11.9 Å². The molecule has 0 aliphatic carbocycles. The average molecular weight is 304 g/mol. The van der Waals surface area contributed by atoms with E-state index in [1.165, 1.54) is 16.1 Å². The molecule has 110 valence electrons. The normalized spacial score (nSPS) is 15.4. The summed E-state index contributed by atoms with van der Waals surface area (Å²) in [5.74, 6) is 0.352. The second kappa shape index (κ2) is 5.34. The molecule has 0 bridgehead atoms. The van der Waals surface area contributed by atoms with Crippen LogP contribution in [0.2, 0.25) is 0 Å². The molecular weight excluding hydrogens is 288 g/mol. The highest BCUT2D eigenvalue weighted by atomic mass is 32.2. The smallest absolute Gasteiger partial charge is 0.301 e. The summed E-state index contributed by atoms with van der Waals surface area (Å²) in [6, 6.07) is 11.0. The molecule has 3 rings (SSSR count). The first-order valence-electron chi connectivity index (χ1n) is 6.61. The van der Waals surface area contributed by atoms with Crippen LogP contribution in [-0.4, -0.2) is 24.3 Å². The summed E-state index contributed by atoms with van der Waals surface area (Å²) in [4.78, 5) is 3.88. The van der Waals surface area contributed by atoms with E-state index in [-0.39, 0.29) is 0 Å². The van der Waals surface area contributed by atoms with Gasteiger partial charge in [0, 0.05) is 13.1 Å². The van der Waals surface area contributed by atoms with Crippen molar-refractivity contribution in [3.8, 4) is 0 Å². The van der Waals surface area contributed by atoms with Crippen LogP contribution >= 0.6 is 0 Å². The van der Waals surface area contributed by atoms with Gasteiger partial charge in [-0.1, -0.05) is 24.3 Å². The highest BCUT2D eigenvalue weighted by molar-refractivity contribution is 7.90. The van der Waals surface area contributed by atoms with Gasteiger partial charge in [-0.05, 0) is 29.7 Å². The Kier molecular flexibility index (Phi) is 3.52. The van der Waals surface area contributed by atoms with Gasteiger partial charge in [-0.15, -0.1) is 0 Å². The fraction of sp³-hybridized carbons (Fsp3) is 0.214. The van der Waals surface area contributed by atoms with Crippen molar-refractivity contribution < 1.29 is 8.42 Å². The standard InChI is InChI=1S/C14H16N4O2S/c15-14-6-5-13(9-16-14)17-21(19,20)18-8-7-11-3-1-2-4-12(11)10-18/h1-6,9,17H,7-8,10H2,(H2,15,16). The predicted molar refractivity (Wildman–Crippen MR) is 81.7 cm³/mol. The molecule has 7 heteroatoms. The minimum Gasteiger partial charge on any atom is -0.384 e. The molecule has 0 spiro atoms. The van der Waals surface area contributed by atoms with Crippen molar-refractivity contribution in [2.24, 2.45) is 0 Å². The molecule has 1 aliphatic heterocycles. The van der Waals surface area contributed by atoms with Crippen LogP contribution in [0, 0.1) is 0 Å². The summed E-state index contributed by atoms with van der Waals surface area (Å²) in [7, 11) is -3.59. The number of nitrogen functional groups attached to an aromatic ring is 1. The summed E-state index contributed by atoms with van der Waals surface area (Å²) in [6.07, 6.45) is 2.13. The first-order valence-corrected chi connectivity index (χ1v) is 8.05. The van der Waals surface area contributed by atoms with Gasteiger partial charge in [-0.25, -0.2) is 4.98 Å². The van der Waals surface area contributed by atoms with Crippen LogP contribution in [0.4, 0.5) is 11.5 Å². The van der Waals surface area contributed by atoms with Gasteiger partial charge < -0.3 is 5.73 Å². The molecule has 1 aromatic carbocycles. The lowest BCUT2D eigenvalue weighted by Crippen LogP contribution is -2.39. The van der Waals surface area contributed by atoms with E-state index in [1.807, 2.05) is 24.3 Å².